The number of benzene rings is 2. The standard InChI is InChI=1S/C22H24N2O3S/c1-4-15-24-19-14-10-9-13-18(19)20(17-11-7-6-8-12-17)21(28(24,26)27)22(25)23-16(3)5-2/h4,6-14,16H,1,5,15H2,2-3H3,(H,23,25). The Morgan fingerprint density at radius 2 is 1.79 bits per heavy atom. The first-order valence-corrected chi connectivity index (χ1v) is 10.7. The molecule has 0 aromatic heterocycles. The highest BCUT2D eigenvalue weighted by Crippen LogP contribution is 2.42. The van der Waals surface area contributed by atoms with E-state index in [2.05, 4.69) is 11.9 Å². The molecule has 6 heteroatoms. The number of anilines is 1. The van der Waals surface area contributed by atoms with Crippen molar-refractivity contribution in [2.24, 2.45) is 0 Å². The molecule has 1 atom stereocenters. The Bertz CT molecular complexity index is 1030. The minimum Gasteiger partial charge on any atom is -0.349 e. The van der Waals surface area contributed by atoms with Gasteiger partial charge >= 0.3 is 0 Å². The lowest BCUT2D eigenvalue weighted by Gasteiger charge is -2.33. The van der Waals surface area contributed by atoms with Crippen molar-refractivity contribution >= 4 is 27.2 Å². The second kappa shape index (κ2) is 8.02. The molecule has 0 aliphatic carbocycles. The molecule has 2 aromatic rings. The van der Waals surface area contributed by atoms with Gasteiger partial charge in [-0.15, -0.1) is 6.58 Å². The van der Waals surface area contributed by atoms with Gasteiger partial charge in [-0.3, -0.25) is 9.10 Å². The fraction of sp³-hybridized carbons (Fsp3) is 0.227. The molecule has 146 valence electrons. The molecule has 3 rings (SSSR count). The van der Waals surface area contributed by atoms with Gasteiger partial charge in [-0.25, -0.2) is 8.42 Å². The normalized spacial score (nSPS) is 16.3. The number of carbonyl (C=O) groups is 1. The number of para-hydroxylation sites is 1. The minimum atomic E-state index is -4.06. The van der Waals surface area contributed by atoms with E-state index in [1.54, 1.807) is 12.1 Å². The number of hydrogen-bond acceptors (Lipinski definition) is 3. The van der Waals surface area contributed by atoms with Crippen LogP contribution in [0.1, 0.15) is 31.4 Å². The molecule has 0 spiro atoms. The number of rotatable bonds is 6. The van der Waals surface area contributed by atoms with Crippen LogP contribution in [0.25, 0.3) is 5.57 Å². The molecular formula is C22H24N2O3S. The number of sulfonamides is 1. The summed E-state index contributed by atoms with van der Waals surface area (Å²) in [4.78, 5) is 12.9. The van der Waals surface area contributed by atoms with Crippen molar-refractivity contribution in [2.45, 2.75) is 26.3 Å². The first-order chi connectivity index (χ1) is 13.4. The molecule has 1 aliphatic heterocycles. The van der Waals surface area contributed by atoms with E-state index < -0.39 is 15.9 Å². The van der Waals surface area contributed by atoms with Crippen LogP contribution in [-0.4, -0.2) is 26.9 Å². The number of carbonyl (C=O) groups excluding carboxylic acids is 1. The van der Waals surface area contributed by atoms with Crippen LogP contribution in [0.2, 0.25) is 0 Å². The molecule has 28 heavy (non-hydrogen) atoms. The van der Waals surface area contributed by atoms with Crippen molar-refractivity contribution < 1.29 is 13.2 Å². The van der Waals surface area contributed by atoms with E-state index in [0.717, 1.165) is 0 Å². The van der Waals surface area contributed by atoms with Crippen molar-refractivity contribution in [3.8, 4) is 0 Å². The molecule has 1 amide bonds. The molecule has 1 aliphatic rings. The summed E-state index contributed by atoms with van der Waals surface area (Å²) in [5.41, 5.74) is 2.37. The molecule has 0 radical (unpaired) electrons. The summed E-state index contributed by atoms with van der Waals surface area (Å²) in [5.74, 6) is -0.586. The molecule has 1 heterocycles. The van der Waals surface area contributed by atoms with Crippen molar-refractivity contribution in [3.63, 3.8) is 0 Å². The van der Waals surface area contributed by atoms with Gasteiger partial charge in [0.15, 0.2) is 4.91 Å². The van der Waals surface area contributed by atoms with Crippen molar-refractivity contribution in [2.75, 3.05) is 10.8 Å². The van der Waals surface area contributed by atoms with E-state index in [9.17, 15) is 13.2 Å². The van der Waals surface area contributed by atoms with E-state index in [1.807, 2.05) is 56.3 Å². The third-order valence-electron chi connectivity index (χ3n) is 4.77. The molecular weight excluding hydrogens is 372 g/mol. The van der Waals surface area contributed by atoms with Gasteiger partial charge < -0.3 is 5.32 Å². The third-order valence-corrected chi connectivity index (χ3v) is 6.60. The summed E-state index contributed by atoms with van der Waals surface area (Å²) >= 11 is 0. The Hall–Kier alpha value is -2.86. The lowest BCUT2D eigenvalue weighted by atomic mass is 9.95. The van der Waals surface area contributed by atoms with Crippen LogP contribution in [0.5, 0.6) is 0 Å². The average molecular weight is 397 g/mol. The van der Waals surface area contributed by atoms with Gasteiger partial charge in [0.1, 0.15) is 0 Å². The van der Waals surface area contributed by atoms with E-state index >= 15 is 0 Å². The van der Waals surface area contributed by atoms with Crippen LogP contribution in [0.4, 0.5) is 5.69 Å². The van der Waals surface area contributed by atoms with Gasteiger partial charge in [-0.05, 0) is 25.0 Å². The van der Waals surface area contributed by atoms with Crippen LogP contribution in [0, 0.1) is 0 Å². The zero-order valence-corrected chi connectivity index (χ0v) is 16.9. The zero-order valence-electron chi connectivity index (χ0n) is 16.1. The van der Waals surface area contributed by atoms with Gasteiger partial charge in [-0.2, -0.15) is 0 Å². The van der Waals surface area contributed by atoms with Crippen LogP contribution in [-0.2, 0) is 14.8 Å². The predicted molar refractivity (Wildman–Crippen MR) is 113 cm³/mol. The van der Waals surface area contributed by atoms with E-state index in [4.69, 9.17) is 0 Å². The number of fused-ring (bicyclic) bond motifs is 1. The maximum absolute atomic E-state index is 13.5. The van der Waals surface area contributed by atoms with Crippen LogP contribution >= 0.6 is 0 Å². The smallest absolute Gasteiger partial charge is 0.270 e. The van der Waals surface area contributed by atoms with Gasteiger partial charge in [-0.1, -0.05) is 61.5 Å². The Balaban J connectivity index is 2.35. The predicted octanol–water partition coefficient (Wildman–Crippen LogP) is 3.70. The first-order valence-electron chi connectivity index (χ1n) is 9.25. The SMILES string of the molecule is C=CCN1c2ccccc2C(c2ccccc2)=C(C(=O)NC(C)CC)S1(=O)=O. The molecule has 0 saturated carbocycles. The summed E-state index contributed by atoms with van der Waals surface area (Å²) in [6.45, 7) is 7.55. The lowest BCUT2D eigenvalue weighted by Crippen LogP contribution is -2.43. The molecule has 0 bridgehead atoms. The minimum absolute atomic E-state index is 0.0848. The van der Waals surface area contributed by atoms with Crippen molar-refractivity contribution in [3.05, 3.63) is 83.3 Å². The quantitative estimate of drug-likeness (QED) is 0.757. The fourth-order valence-electron chi connectivity index (χ4n) is 3.22. The molecule has 0 fully saturated rings. The van der Waals surface area contributed by atoms with Gasteiger partial charge in [0.2, 0.25) is 0 Å². The van der Waals surface area contributed by atoms with E-state index in [1.165, 1.54) is 10.4 Å². The number of nitrogens with zero attached hydrogens (tertiary/aromatic N) is 1. The molecule has 5 nitrogen and oxygen atoms in total. The highest BCUT2D eigenvalue weighted by Gasteiger charge is 2.40. The monoisotopic (exact) mass is 396 g/mol. The second-order valence-electron chi connectivity index (χ2n) is 6.69. The number of amides is 1. The molecule has 2 aromatic carbocycles. The first kappa shape index (κ1) is 19.9. The highest BCUT2D eigenvalue weighted by molar-refractivity contribution is 7.97. The largest absolute Gasteiger partial charge is 0.349 e. The summed E-state index contributed by atoms with van der Waals surface area (Å²) in [7, 11) is -4.06. The summed E-state index contributed by atoms with van der Waals surface area (Å²) in [5, 5.41) is 2.82. The van der Waals surface area contributed by atoms with E-state index in [0.29, 0.717) is 28.8 Å². The summed E-state index contributed by atoms with van der Waals surface area (Å²) < 4.78 is 28.3. The van der Waals surface area contributed by atoms with Gasteiger partial charge in [0, 0.05) is 17.2 Å². The third kappa shape index (κ3) is 3.47. The highest BCUT2D eigenvalue weighted by atomic mass is 32.2. The van der Waals surface area contributed by atoms with Gasteiger partial charge in [0.25, 0.3) is 15.9 Å². The Kier molecular flexibility index (Phi) is 5.70. The van der Waals surface area contributed by atoms with Crippen molar-refractivity contribution in [1.82, 2.24) is 5.32 Å². The molecule has 0 saturated heterocycles. The second-order valence-corrected chi connectivity index (χ2v) is 8.49. The van der Waals surface area contributed by atoms with Crippen LogP contribution in [0.15, 0.2) is 72.2 Å². The molecule has 1 unspecified atom stereocenters. The number of nitrogens with one attached hydrogen (secondary N) is 1. The average Bonchev–Trinajstić information content (AvgIpc) is 2.69. The van der Waals surface area contributed by atoms with Crippen LogP contribution < -0.4 is 9.62 Å². The zero-order chi connectivity index (χ0) is 20.3. The van der Waals surface area contributed by atoms with Crippen molar-refractivity contribution in [1.29, 1.82) is 0 Å². The fourth-order valence-corrected chi connectivity index (χ4v) is 4.94. The Morgan fingerprint density at radius 3 is 2.43 bits per heavy atom. The maximum Gasteiger partial charge on any atom is 0.270 e. The van der Waals surface area contributed by atoms with E-state index in [-0.39, 0.29) is 17.5 Å². The Labute approximate surface area is 166 Å². The number of hydrogen-bond donors (Lipinski definition) is 1. The summed E-state index contributed by atoms with van der Waals surface area (Å²) in [6.07, 6.45) is 2.22. The Morgan fingerprint density at radius 1 is 1.14 bits per heavy atom. The summed E-state index contributed by atoms with van der Waals surface area (Å²) in [6, 6.07) is 16.3. The lowest BCUT2D eigenvalue weighted by molar-refractivity contribution is -0.117. The van der Waals surface area contributed by atoms with Crippen LogP contribution in [0.3, 0.4) is 0 Å². The maximum atomic E-state index is 13.5. The topological polar surface area (TPSA) is 66.5 Å². The van der Waals surface area contributed by atoms with Gasteiger partial charge in [0.05, 0.1) is 12.2 Å². The molecule has 1 N–H and O–H groups in total.